The van der Waals surface area contributed by atoms with Crippen LogP contribution in [0.3, 0.4) is 0 Å². The summed E-state index contributed by atoms with van der Waals surface area (Å²) in [6.07, 6.45) is 3.24. The number of aliphatic hydroxyl groups excluding tert-OH is 1. The highest BCUT2D eigenvalue weighted by Gasteiger charge is 2.32. The van der Waals surface area contributed by atoms with Gasteiger partial charge in [-0.05, 0) is 36.2 Å². The summed E-state index contributed by atoms with van der Waals surface area (Å²) in [7, 11) is 0. The van der Waals surface area contributed by atoms with Crippen molar-refractivity contribution in [2.24, 2.45) is 0 Å². The number of amides is 1. The molecule has 4 rings (SSSR count). The number of aliphatic hydroxyl groups is 1. The maximum absolute atomic E-state index is 13.1. The van der Waals surface area contributed by atoms with Gasteiger partial charge in [-0.15, -0.1) is 0 Å². The molecular weight excluding hydrogens is 357 g/mol. The van der Waals surface area contributed by atoms with Crippen molar-refractivity contribution >= 4 is 23.2 Å². The van der Waals surface area contributed by atoms with E-state index in [4.69, 9.17) is 11.6 Å². The third-order valence-corrected chi connectivity index (χ3v) is 5.02. The fourth-order valence-corrected chi connectivity index (χ4v) is 3.61. The monoisotopic (exact) mass is 373 g/mol. The number of β-amino-alcohol motifs (C(OH)–C–C–N with tert-alkyl or cyclic N) is 1. The van der Waals surface area contributed by atoms with Gasteiger partial charge in [-0.1, -0.05) is 23.7 Å². The lowest BCUT2D eigenvalue weighted by atomic mass is 9.87. The SMILES string of the molecule is O=C(c1cn2cc(Cl)ccc2n1)N1CC[C@@H](c2ccc(F)cc2)[C@H](O)C1. The number of imidazole rings is 1. The van der Waals surface area contributed by atoms with Gasteiger partial charge in [-0.25, -0.2) is 9.37 Å². The van der Waals surface area contributed by atoms with Crippen molar-refractivity contribution < 1.29 is 14.3 Å². The average molecular weight is 374 g/mol. The minimum Gasteiger partial charge on any atom is -0.391 e. The minimum atomic E-state index is -0.704. The Morgan fingerprint density at radius 1 is 1.19 bits per heavy atom. The standard InChI is InChI=1S/C19H17ClFN3O2/c20-13-3-6-18-22-16(10-24(18)9-13)19(26)23-8-7-15(17(25)11-23)12-1-4-14(21)5-2-12/h1-6,9-10,15,17,25H,7-8,11H2/t15-,17+/m0/s1. The molecule has 0 aliphatic carbocycles. The van der Waals surface area contributed by atoms with E-state index in [1.807, 2.05) is 0 Å². The number of carbonyl (C=O) groups is 1. The van der Waals surface area contributed by atoms with Crippen LogP contribution >= 0.6 is 11.6 Å². The topological polar surface area (TPSA) is 57.8 Å². The van der Waals surface area contributed by atoms with Gasteiger partial charge in [-0.3, -0.25) is 4.79 Å². The maximum atomic E-state index is 13.1. The Morgan fingerprint density at radius 2 is 1.96 bits per heavy atom. The van der Waals surface area contributed by atoms with Crippen molar-refractivity contribution in [1.82, 2.24) is 14.3 Å². The minimum absolute atomic E-state index is 0.112. The van der Waals surface area contributed by atoms with Gasteiger partial charge in [0.1, 0.15) is 17.2 Å². The molecule has 0 spiro atoms. The second-order valence-corrected chi connectivity index (χ2v) is 6.94. The first kappa shape index (κ1) is 17.0. The Morgan fingerprint density at radius 3 is 2.69 bits per heavy atom. The first-order chi connectivity index (χ1) is 12.5. The molecule has 2 atom stereocenters. The number of fused-ring (bicyclic) bond motifs is 1. The second-order valence-electron chi connectivity index (χ2n) is 6.50. The molecule has 3 heterocycles. The molecule has 26 heavy (non-hydrogen) atoms. The van der Waals surface area contributed by atoms with Gasteiger partial charge in [0.25, 0.3) is 5.91 Å². The smallest absolute Gasteiger partial charge is 0.274 e. The number of benzene rings is 1. The van der Waals surface area contributed by atoms with Crippen LogP contribution in [-0.2, 0) is 0 Å². The van der Waals surface area contributed by atoms with Crippen LogP contribution in [0.25, 0.3) is 5.65 Å². The van der Waals surface area contributed by atoms with Crippen LogP contribution < -0.4 is 0 Å². The van der Waals surface area contributed by atoms with Gasteiger partial charge in [-0.2, -0.15) is 0 Å². The highest BCUT2D eigenvalue weighted by Crippen LogP contribution is 2.29. The molecule has 0 radical (unpaired) electrons. The van der Waals surface area contributed by atoms with Gasteiger partial charge in [0.2, 0.25) is 0 Å². The van der Waals surface area contributed by atoms with Crippen molar-refractivity contribution in [3.63, 3.8) is 0 Å². The molecule has 1 aromatic carbocycles. The Labute approximate surface area is 154 Å². The highest BCUT2D eigenvalue weighted by molar-refractivity contribution is 6.30. The van der Waals surface area contributed by atoms with Crippen LogP contribution in [0.4, 0.5) is 4.39 Å². The van der Waals surface area contributed by atoms with E-state index in [2.05, 4.69) is 4.98 Å². The summed E-state index contributed by atoms with van der Waals surface area (Å²) >= 11 is 5.96. The molecule has 3 aromatic rings. The zero-order valence-corrected chi connectivity index (χ0v) is 14.6. The molecule has 134 valence electrons. The molecule has 0 saturated carbocycles. The molecule has 1 aliphatic heterocycles. The Balaban J connectivity index is 1.50. The summed E-state index contributed by atoms with van der Waals surface area (Å²) in [6, 6.07) is 9.62. The molecule has 1 saturated heterocycles. The van der Waals surface area contributed by atoms with Crippen molar-refractivity contribution in [3.05, 3.63) is 70.9 Å². The van der Waals surface area contributed by atoms with Crippen molar-refractivity contribution in [1.29, 1.82) is 0 Å². The first-order valence-corrected chi connectivity index (χ1v) is 8.76. The van der Waals surface area contributed by atoms with Crippen molar-refractivity contribution in [2.45, 2.75) is 18.4 Å². The number of hydrogen-bond donors (Lipinski definition) is 1. The van der Waals surface area contributed by atoms with Gasteiger partial charge < -0.3 is 14.4 Å². The quantitative estimate of drug-likeness (QED) is 0.751. The second kappa shape index (κ2) is 6.70. The van der Waals surface area contributed by atoms with Crippen LogP contribution in [0, 0.1) is 5.82 Å². The number of nitrogens with zero attached hydrogens (tertiary/aromatic N) is 3. The molecule has 0 unspecified atom stereocenters. The molecule has 1 N–H and O–H groups in total. The Hall–Kier alpha value is -2.44. The van der Waals surface area contributed by atoms with Crippen molar-refractivity contribution in [2.75, 3.05) is 13.1 Å². The van der Waals surface area contributed by atoms with E-state index in [1.165, 1.54) is 12.1 Å². The fraction of sp³-hybridized carbons (Fsp3) is 0.263. The molecule has 1 aliphatic rings. The predicted molar refractivity (Wildman–Crippen MR) is 95.9 cm³/mol. The molecular formula is C19H17ClFN3O2. The van der Waals surface area contributed by atoms with E-state index in [0.29, 0.717) is 29.3 Å². The number of halogens is 2. The Bertz CT molecular complexity index is 957. The lowest BCUT2D eigenvalue weighted by Crippen LogP contribution is -2.45. The van der Waals surface area contributed by atoms with E-state index in [9.17, 15) is 14.3 Å². The number of aromatic nitrogens is 2. The number of rotatable bonds is 2. The maximum Gasteiger partial charge on any atom is 0.274 e. The van der Waals surface area contributed by atoms with Crippen LogP contribution in [0.15, 0.2) is 48.8 Å². The molecule has 7 heteroatoms. The van der Waals surface area contributed by atoms with E-state index in [-0.39, 0.29) is 24.2 Å². The summed E-state index contributed by atoms with van der Waals surface area (Å²) in [5.41, 5.74) is 1.84. The molecule has 1 fully saturated rings. The van der Waals surface area contributed by atoms with E-state index < -0.39 is 6.10 Å². The third-order valence-electron chi connectivity index (χ3n) is 4.80. The van der Waals surface area contributed by atoms with Crippen LogP contribution in [0.5, 0.6) is 0 Å². The van der Waals surface area contributed by atoms with Gasteiger partial charge in [0, 0.05) is 31.4 Å². The van der Waals surface area contributed by atoms with Gasteiger partial charge in [0.15, 0.2) is 0 Å². The van der Waals surface area contributed by atoms with E-state index in [1.54, 1.807) is 46.0 Å². The van der Waals surface area contributed by atoms with E-state index in [0.717, 1.165) is 5.56 Å². The number of piperidine rings is 1. The molecule has 1 amide bonds. The molecule has 2 aromatic heterocycles. The van der Waals surface area contributed by atoms with Gasteiger partial charge in [0.05, 0.1) is 11.1 Å². The number of carbonyl (C=O) groups excluding carboxylic acids is 1. The highest BCUT2D eigenvalue weighted by atomic mass is 35.5. The Kier molecular flexibility index (Phi) is 4.38. The number of likely N-dealkylation sites (tertiary alicyclic amines) is 1. The van der Waals surface area contributed by atoms with Gasteiger partial charge >= 0.3 is 0 Å². The number of hydrogen-bond acceptors (Lipinski definition) is 3. The van der Waals surface area contributed by atoms with Crippen molar-refractivity contribution in [3.8, 4) is 0 Å². The summed E-state index contributed by atoms with van der Waals surface area (Å²) in [5, 5.41) is 11.1. The summed E-state index contributed by atoms with van der Waals surface area (Å²) < 4.78 is 14.8. The molecule has 0 bridgehead atoms. The zero-order valence-electron chi connectivity index (χ0n) is 13.8. The predicted octanol–water partition coefficient (Wildman–Crippen LogP) is 3.12. The molecule has 5 nitrogen and oxygen atoms in total. The summed E-state index contributed by atoms with van der Waals surface area (Å²) in [4.78, 5) is 18.7. The normalized spacial score (nSPS) is 20.5. The largest absolute Gasteiger partial charge is 0.391 e. The zero-order chi connectivity index (χ0) is 18.3. The lowest BCUT2D eigenvalue weighted by molar-refractivity contribution is 0.0378. The average Bonchev–Trinajstić information content (AvgIpc) is 3.05. The first-order valence-electron chi connectivity index (χ1n) is 8.38. The van der Waals surface area contributed by atoms with Crippen LogP contribution in [-0.4, -0.2) is 44.5 Å². The summed E-state index contributed by atoms with van der Waals surface area (Å²) in [5.74, 6) is -0.635. The summed E-state index contributed by atoms with van der Waals surface area (Å²) in [6.45, 7) is 0.724. The fourth-order valence-electron chi connectivity index (χ4n) is 3.44. The van der Waals surface area contributed by atoms with E-state index >= 15 is 0 Å². The number of pyridine rings is 1. The lowest BCUT2D eigenvalue weighted by Gasteiger charge is -2.35. The third kappa shape index (κ3) is 3.18. The van der Waals surface area contributed by atoms with Crippen LogP contribution in [0.2, 0.25) is 5.02 Å². The van der Waals surface area contributed by atoms with Crippen LogP contribution in [0.1, 0.15) is 28.4 Å².